The van der Waals surface area contributed by atoms with Crippen LogP contribution >= 0.6 is 11.6 Å². The summed E-state index contributed by atoms with van der Waals surface area (Å²) in [7, 11) is 0. The fourth-order valence-corrected chi connectivity index (χ4v) is 1.51. The van der Waals surface area contributed by atoms with Gasteiger partial charge in [-0.15, -0.1) is 0 Å². The van der Waals surface area contributed by atoms with E-state index in [4.69, 9.17) is 22.1 Å². The van der Waals surface area contributed by atoms with Crippen molar-refractivity contribution < 1.29 is 4.74 Å². The highest BCUT2D eigenvalue weighted by Crippen LogP contribution is 2.24. The molecule has 0 aliphatic carbocycles. The first-order chi connectivity index (χ1) is 8.19. The molecule has 0 unspecified atom stereocenters. The molecular formula is C13H13ClN2O. The van der Waals surface area contributed by atoms with Crippen LogP contribution in [0.25, 0.3) is 0 Å². The summed E-state index contributed by atoms with van der Waals surface area (Å²) in [5.41, 5.74) is 7.44. The summed E-state index contributed by atoms with van der Waals surface area (Å²) >= 11 is 5.94. The Morgan fingerprint density at radius 1 is 1.29 bits per heavy atom. The standard InChI is InChI=1S/C13H13ClN2O/c1-9-6-11(3-4-12(9)14)17-13-5-2-10(7-15)8-16-13/h2-6,8H,7,15H2,1H3. The van der Waals surface area contributed by atoms with Gasteiger partial charge in [0.15, 0.2) is 0 Å². The minimum absolute atomic E-state index is 0.479. The van der Waals surface area contributed by atoms with Gasteiger partial charge in [-0.25, -0.2) is 4.98 Å². The van der Waals surface area contributed by atoms with Crippen molar-refractivity contribution in [2.75, 3.05) is 0 Å². The minimum Gasteiger partial charge on any atom is -0.439 e. The van der Waals surface area contributed by atoms with Crippen LogP contribution in [0.5, 0.6) is 11.6 Å². The summed E-state index contributed by atoms with van der Waals surface area (Å²) in [6.45, 7) is 2.41. The van der Waals surface area contributed by atoms with Crippen LogP contribution in [0.1, 0.15) is 11.1 Å². The molecule has 0 saturated heterocycles. The zero-order valence-corrected chi connectivity index (χ0v) is 10.2. The van der Waals surface area contributed by atoms with E-state index in [-0.39, 0.29) is 0 Å². The number of rotatable bonds is 3. The first-order valence-electron chi connectivity index (χ1n) is 5.28. The van der Waals surface area contributed by atoms with Crippen molar-refractivity contribution in [1.82, 2.24) is 4.98 Å². The summed E-state index contributed by atoms with van der Waals surface area (Å²) in [5, 5.41) is 0.726. The summed E-state index contributed by atoms with van der Waals surface area (Å²) in [6, 6.07) is 9.19. The Hall–Kier alpha value is -1.58. The van der Waals surface area contributed by atoms with Crippen LogP contribution in [0.2, 0.25) is 5.02 Å². The fourth-order valence-electron chi connectivity index (χ4n) is 1.39. The molecule has 17 heavy (non-hydrogen) atoms. The maximum absolute atomic E-state index is 5.94. The van der Waals surface area contributed by atoms with E-state index in [0.717, 1.165) is 21.9 Å². The Bertz CT molecular complexity index is 511. The van der Waals surface area contributed by atoms with Crippen molar-refractivity contribution in [2.24, 2.45) is 5.73 Å². The van der Waals surface area contributed by atoms with E-state index >= 15 is 0 Å². The number of aryl methyl sites for hydroxylation is 1. The lowest BCUT2D eigenvalue weighted by Gasteiger charge is -2.06. The van der Waals surface area contributed by atoms with E-state index in [1.807, 2.05) is 25.1 Å². The Labute approximate surface area is 105 Å². The Balaban J connectivity index is 2.16. The lowest BCUT2D eigenvalue weighted by Crippen LogP contribution is -1.97. The Kier molecular flexibility index (Phi) is 3.61. The van der Waals surface area contributed by atoms with Crippen LogP contribution < -0.4 is 10.5 Å². The first-order valence-corrected chi connectivity index (χ1v) is 5.66. The zero-order chi connectivity index (χ0) is 12.3. The molecule has 0 atom stereocenters. The van der Waals surface area contributed by atoms with Gasteiger partial charge in [0.05, 0.1) is 0 Å². The Morgan fingerprint density at radius 3 is 2.71 bits per heavy atom. The van der Waals surface area contributed by atoms with Gasteiger partial charge in [-0.2, -0.15) is 0 Å². The molecule has 0 bridgehead atoms. The second-order valence-electron chi connectivity index (χ2n) is 3.72. The van der Waals surface area contributed by atoms with Crippen molar-refractivity contribution in [3.05, 3.63) is 52.7 Å². The molecule has 88 valence electrons. The van der Waals surface area contributed by atoms with Crippen LogP contribution in [-0.2, 0) is 6.54 Å². The number of pyridine rings is 1. The van der Waals surface area contributed by atoms with Crippen molar-refractivity contribution in [1.29, 1.82) is 0 Å². The van der Waals surface area contributed by atoms with Crippen molar-refractivity contribution in [3.8, 4) is 11.6 Å². The molecule has 1 aromatic carbocycles. The third-order valence-electron chi connectivity index (χ3n) is 2.39. The molecule has 0 aliphatic rings. The van der Waals surface area contributed by atoms with Crippen LogP contribution in [-0.4, -0.2) is 4.98 Å². The van der Waals surface area contributed by atoms with Gasteiger partial charge in [0, 0.05) is 23.8 Å². The number of ether oxygens (including phenoxy) is 1. The summed E-state index contributed by atoms with van der Waals surface area (Å²) in [6.07, 6.45) is 1.71. The smallest absolute Gasteiger partial charge is 0.219 e. The second kappa shape index (κ2) is 5.17. The number of hydrogen-bond donors (Lipinski definition) is 1. The van der Waals surface area contributed by atoms with Gasteiger partial charge in [0.25, 0.3) is 0 Å². The molecular weight excluding hydrogens is 236 g/mol. The average molecular weight is 249 g/mol. The highest BCUT2D eigenvalue weighted by Gasteiger charge is 2.01. The zero-order valence-electron chi connectivity index (χ0n) is 9.48. The molecule has 0 radical (unpaired) electrons. The van der Waals surface area contributed by atoms with Gasteiger partial charge in [-0.3, -0.25) is 0 Å². The monoisotopic (exact) mass is 248 g/mol. The number of aromatic nitrogens is 1. The van der Waals surface area contributed by atoms with Crippen LogP contribution in [0.15, 0.2) is 36.5 Å². The molecule has 2 rings (SSSR count). The molecule has 0 amide bonds. The lowest BCUT2D eigenvalue weighted by molar-refractivity contribution is 0.462. The third-order valence-corrected chi connectivity index (χ3v) is 2.81. The largest absolute Gasteiger partial charge is 0.439 e. The molecule has 1 aromatic heterocycles. The molecule has 0 saturated carbocycles. The summed E-state index contributed by atoms with van der Waals surface area (Å²) in [5.74, 6) is 1.27. The summed E-state index contributed by atoms with van der Waals surface area (Å²) < 4.78 is 5.60. The number of nitrogens with zero attached hydrogens (tertiary/aromatic N) is 1. The van der Waals surface area contributed by atoms with Crippen LogP contribution in [0, 0.1) is 6.92 Å². The maximum atomic E-state index is 5.94. The molecule has 0 aliphatic heterocycles. The number of hydrogen-bond acceptors (Lipinski definition) is 3. The topological polar surface area (TPSA) is 48.1 Å². The lowest BCUT2D eigenvalue weighted by atomic mass is 10.2. The van der Waals surface area contributed by atoms with Gasteiger partial charge >= 0.3 is 0 Å². The van der Waals surface area contributed by atoms with Crippen LogP contribution in [0.4, 0.5) is 0 Å². The molecule has 3 nitrogen and oxygen atoms in total. The second-order valence-corrected chi connectivity index (χ2v) is 4.13. The predicted octanol–water partition coefficient (Wildman–Crippen LogP) is 3.29. The van der Waals surface area contributed by atoms with Gasteiger partial charge < -0.3 is 10.5 Å². The quantitative estimate of drug-likeness (QED) is 0.907. The molecule has 0 spiro atoms. The van der Waals surface area contributed by atoms with E-state index in [2.05, 4.69) is 4.98 Å². The van der Waals surface area contributed by atoms with Gasteiger partial charge in [-0.05, 0) is 36.2 Å². The number of nitrogens with two attached hydrogens (primary N) is 1. The molecule has 4 heteroatoms. The average Bonchev–Trinajstić information content (AvgIpc) is 2.35. The predicted molar refractivity (Wildman–Crippen MR) is 68.4 cm³/mol. The minimum atomic E-state index is 0.479. The number of halogens is 1. The first kappa shape index (κ1) is 11.9. The highest BCUT2D eigenvalue weighted by atomic mass is 35.5. The van der Waals surface area contributed by atoms with Crippen molar-refractivity contribution in [3.63, 3.8) is 0 Å². The Morgan fingerprint density at radius 2 is 2.12 bits per heavy atom. The van der Waals surface area contributed by atoms with E-state index in [9.17, 15) is 0 Å². The highest BCUT2D eigenvalue weighted by molar-refractivity contribution is 6.31. The molecule has 2 aromatic rings. The maximum Gasteiger partial charge on any atom is 0.219 e. The van der Waals surface area contributed by atoms with Crippen molar-refractivity contribution in [2.45, 2.75) is 13.5 Å². The van der Waals surface area contributed by atoms with E-state index < -0.39 is 0 Å². The normalized spacial score (nSPS) is 10.3. The molecule has 1 heterocycles. The van der Waals surface area contributed by atoms with Gasteiger partial charge in [0.2, 0.25) is 5.88 Å². The molecule has 0 fully saturated rings. The van der Waals surface area contributed by atoms with E-state index in [1.165, 1.54) is 0 Å². The SMILES string of the molecule is Cc1cc(Oc2ccc(CN)cn2)ccc1Cl. The van der Waals surface area contributed by atoms with Crippen LogP contribution in [0.3, 0.4) is 0 Å². The van der Waals surface area contributed by atoms with Gasteiger partial charge in [-0.1, -0.05) is 17.7 Å². The third kappa shape index (κ3) is 2.96. The van der Waals surface area contributed by atoms with E-state index in [0.29, 0.717) is 12.4 Å². The summed E-state index contributed by atoms with van der Waals surface area (Å²) in [4.78, 5) is 4.16. The van der Waals surface area contributed by atoms with E-state index in [1.54, 1.807) is 18.3 Å². The van der Waals surface area contributed by atoms with Crippen molar-refractivity contribution >= 4 is 11.6 Å². The number of benzene rings is 1. The fraction of sp³-hybridized carbons (Fsp3) is 0.154. The molecule has 2 N–H and O–H groups in total. The van der Waals surface area contributed by atoms with Gasteiger partial charge in [0.1, 0.15) is 5.75 Å².